The molecule has 2 aromatic rings. The van der Waals surface area contributed by atoms with Crippen LogP contribution in [0.5, 0.6) is 0 Å². The van der Waals surface area contributed by atoms with Gasteiger partial charge in [0.1, 0.15) is 5.82 Å². The molecule has 114 valence electrons. The quantitative estimate of drug-likeness (QED) is 0.603. The van der Waals surface area contributed by atoms with Crippen LogP contribution in [0.4, 0.5) is 0 Å². The first-order chi connectivity index (χ1) is 9.99. The van der Waals surface area contributed by atoms with E-state index in [1.54, 1.807) is 0 Å². The van der Waals surface area contributed by atoms with Crippen molar-refractivity contribution < 1.29 is 0 Å². The molecule has 1 saturated carbocycles. The van der Waals surface area contributed by atoms with Crippen LogP contribution < -0.4 is 0 Å². The Hall–Kier alpha value is -0.440. The minimum Gasteiger partial charge on any atom is -0.324 e. The van der Waals surface area contributed by atoms with Crippen LogP contribution in [0.2, 0.25) is 10.0 Å². The summed E-state index contributed by atoms with van der Waals surface area (Å²) in [5.41, 5.74) is 1.93. The van der Waals surface area contributed by atoms with E-state index >= 15 is 0 Å². The summed E-state index contributed by atoms with van der Waals surface area (Å²) in [7, 11) is 0. The van der Waals surface area contributed by atoms with Gasteiger partial charge >= 0.3 is 0 Å². The summed E-state index contributed by atoms with van der Waals surface area (Å²) in [5, 5.41) is 1.11. The molecule has 5 heteroatoms. The van der Waals surface area contributed by atoms with Gasteiger partial charge in [-0.15, -0.1) is 11.6 Å². The average Bonchev–Trinajstić information content (AvgIpc) is 2.75. The summed E-state index contributed by atoms with van der Waals surface area (Å²) < 4.78 is 2.29. The van der Waals surface area contributed by atoms with Gasteiger partial charge in [-0.25, -0.2) is 4.98 Å². The van der Waals surface area contributed by atoms with Crippen molar-refractivity contribution in [2.45, 2.75) is 45.0 Å². The number of halogens is 3. The van der Waals surface area contributed by atoms with Crippen molar-refractivity contribution in [1.29, 1.82) is 0 Å². The summed E-state index contributed by atoms with van der Waals surface area (Å²) in [6, 6.07) is 4.20. The Morgan fingerprint density at radius 2 is 1.71 bits per heavy atom. The Morgan fingerprint density at radius 3 is 2.33 bits per heavy atom. The molecule has 1 aromatic heterocycles. The third kappa shape index (κ3) is 2.91. The smallest absolute Gasteiger partial charge is 0.125 e. The van der Waals surface area contributed by atoms with E-state index in [1.165, 1.54) is 19.3 Å². The predicted molar refractivity (Wildman–Crippen MR) is 90.5 cm³/mol. The molecular weight excluding hydrogens is 327 g/mol. The topological polar surface area (TPSA) is 17.8 Å². The highest BCUT2D eigenvalue weighted by molar-refractivity contribution is 6.42. The number of hydrogen-bond donors (Lipinski definition) is 0. The van der Waals surface area contributed by atoms with Crippen molar-refractivity contribution in [1.82, 2.24) is 9.55 Å². The van der Waals surface area contributed by atoms with Crippen LogP contribution in [0.3, 0.4) is 0 Å². The number of alkyl halides is 1. The molecule has 0 aliphatic heterocycles. The molecule has 3 rings (SSSR count). The number of benzene rings is 1. The Labute approximate surface area is 140 Å². The molecule has 0 amide bonds. The van der Waals surface area contributed by atoms with Crippen LogP contribution >= 0.6 is 34.8 Å². The van der Waals surface area contributed by atoms with E-state index in [0.717, 1.165) is 28.7 Å². The highest BCUT2D eigenvalue weighted by atomic mass is 35.5. The van der Waals surface area contributed by atoms with Gasteiger partial charge in [-0.3, -0.25) is 0 Å². The average molecular weight is 346 g/mol. The maximum absolute atomic E-state index is 6.20. The summed E-state index contributed by atoms with van der Waals surface area (Å²) in [6.07, 6.45) is 3.63. The Bertz CT molecular complexity index is 655. The van der Waals surface area contributed by atoms with Gasteiger partial charge in [-0.2, -0.15) is 0 Å². The summed E-state index contributed by atoms with van der Waals surface area (Å²) in [6.45, 7) is 4.65. The molecule has 0 saturated heterocycles. The van der Waals surface area contributed by atoms with Gasteiger partial charge in [-0.1, -0.05) is 37.0 Å². The Balaban J connectivity index is 2.13. The first kappa shape index (κ1) is 15.5. The molecule has 2 nitrogen and oxygen atoms in total. The minimum atomic E-state index is 0.406. The number of rotatable bonds is 2. The van der Waals surface area contributed by atoms with Gasteiger partial charge in [-0.05, 0) is 43.2 Å². The lowest BCUT2D eigenvalue weighted by molar-refractivity contribution is 0.222. The number of nitrogens with zero attached hydrogens (tertiary/aromatic N) is 2. The number of imidazole rings is 1. The largest absolute Gasteiger partial charge is 0.324 e. The zero-order valence-electron chi connectivity index (χ0n) is 12.2. The fourth-order valence-electron chi connectivity index (χ4n) is 3.76. The molecule has 0 radical (unpaired) electrons. The molecule has 21 heavy (non-hydrogen) atoms. The van der Waals surface area contributed by atoms with E-state index in [0.29, 0.717) is 22.0 Å². The second-order valence-electron chi connectivity index (χ2n) is 6.36. The molecule has 1 heterocycles. The predicted octanol–water partition coefficient (Wildman–Crippen LogP) is 6.08. The Kier molecular flexibility index (Phi) is 4.40. The molecule has 1 aliphatic rings. The summed E-state index contributed by atoms with van der Waals surface area (Å²) >= 11 is 18.4. The third-order valence-corrected chi connectivity index (χ3v) is 5.40. The second kappa shape index (κ2) is 5.98. The number of aromatic nitrogens is 2. The van der Waals surface area contributed by atoms with Gasteiger partial charge in [0, 0.05) is 6.04 Å². The highest BCUT2D eigenvalue weighted by Gasteiger charge is 2.28. The van der Waals surface area contributed by atoms with Gasteiger partial charge in [0.15, 0.2) is 0 Å². The first-order valence-corrected chi connectivity index (χ1v) is 8.70. The lowest BCUT2D eigenvalue weighted by atomic mass is 9.80. The van der Waals surface area contributed by atoms with Gasteiger partial charge in [0.25, 0.3) is 0 Å². The standard InChI is InChI=1S/C16H19Cl3N2/c1-9-3-10(2)5-11(4-9)21-15-7-13(19)12(18)6-14(15)20-16(21)8-17/h6-7,9-11H,3-5,8H2,1-2H3. The van der Waals surface area contributed by atoms with Gasteiger partial charge in [0.2, 0.25) is 0 Å². The van der Waals surface area contributed by atoms with Crippen molar-refractivity contribution in [2.75, 3.05) is 0 Å². The number of fused-ring (bicyclic) bond motifs is 1. The van der Waals surface area contributed by atoms with Gasteiger partial charge in [0.05, 0.1) is 27.0 Å². The Morgan fingerprint density at radius 1 is 1.10 bits per heavy atom. The molecule has 0 bridgehead atoms. The van der Waals surface area contributed by atoms with Crippen LogP contribution in [0.15, 0.2) is 12.1 Å². The zero-order valence-corrected chi connectivity index (χ0v) is 14.5. The summed E-state index contributed by atoms with van der Waals surface area (Å²) in [4.78, 5) is 4.65. The molecule has 2 atom stereocenters. The summed E-state index contributed by atoms with van der Waals surface area (Å²) in [5.74, 6) is 2.77. The van der Waals surface area contributed by atoms with Gasteiger partial charge < -0.3 is 4.57 Å². The lowest BCUT2D eigenvalue weighted by Gasteiger charge is -2.33. The van der Waals surface area contributed by atoms with E-state index in [9.17, 15) is 0 Å². The van der Waals surface area contributed by atoms with E-state index in [1.807, 2.05) is 12.1 Å². The second-order valence-corrected chi connectivity index (χ2v) is 7.44. The van der Waals surface area contributed by atoms with Crippen molar-refractivity contribution in [3.63, 3.8) is 0 Å². The molecule has 1 aliphatic carbocycles. The molecule has 2 unspecified atom stereocenters. The van der Waals surface area contributed by atoms with E-state index in [2.05, 4.69) is 23.4 Å². The van der Waals surface area contributed by atoms with Crippen molar-refractivity contribution in [2.24, 2.45) is 11.8 Å². The normalized spacial score (nSPS) is 26.4. The fourth-order valence-corrected chi connectivity index (χ4v) is 4.26. The van der Waals surface area contributed by atoms with E-state index < -0.39 is 0 Å². The highest BCUT2D eigenvalue weighted by Crippen LogP contribution is 2.39. The lowest BCUT2D eigenvalue weighted by Crippen LogP contribution is -2.23. The molecule has 0 N–H and O–H groups in total. The van der Waals surface area contributed by atoms with Crippen LogP contribution in [0, 0.1) is 11.8 Å². The van der Waals surface area contributed by atoms with Crippen molar-refractivity contribution in [3.8, 4) is 0 Å². The SMILES string of the molecule is CC1CC(C)CC(n2c(CCl)nc3cc(Cl)c(Cl)cc32)C1. The van der Waals surface area contributed by atoms with Crippen molar-refractivity contribution in [3.05, 3.63) is 28.0 Å². The van der Waals surface area contributed by atoms with E-state index in [4.69, 9.17) is 34.8 Å². The van der Waals surface area contributed by atoms with Crippen LogP contribution in [0.1, 0.15) is 45.0 Å². The van der Waals surface area contributed by atoms with E-state index in [-0.39, 0.29) is 0 Å². The molecule has 0 spiro atoms. The molecule has 1 fully saturated rings. The fraction of sp³-hybridized carbons (Fsp3) is 0.562. The van der Waals surface area contributed by atoms with Crippen molar-refractivity contribution >= 4 is 45.8 Å². The maximum Gasteiger partial charge on any atom is 0.125 e. The molecular formula is C16H19Cl3N2. The monoisotopic (exact) mass is 344 g/mol. The zero-order chi connectivity index (χ0) is 15.1. The van der Waals surface area contributed by atoms with Crippen LogP contribution in [-0.4, -0.2) is 9.55 Å². The third-order valence-electron chi connectivity index (χ3n) is 4.44. The van der Waals surface area contributed by atoms with Crippen LogP contribution in [0.25, 0.3) is 11.0 Å². The molecule has 1 aromatic carbocycles. The first-order valence-electron chi connectivity index (χ1n) is 7.41. The minimum absolute atomic E-state index is 0.406. The van der Waals surface area contributed by atoms with Crippen LogP contribution in [-0.2, 0) is 5.88 Å². The number of hydrogen-bond acceptors (Lipinski definition) is 1. The maximum atomic E-state index is 6.20.